The van der Waals surface area contributed by atoms with Crippen molar-refractivity contribution in [3.63, 3.8) is 0 Å². The number of carboxylic acids is 1. The molecule has 8 heteroatoms. The lowest BCUT2D eigenvalue weighted by atomic mass is 9.85. The summed E-state index contributed by atoms with van der Waals surface area (Å²) in [6, 6.07) is 7.66. The van der Waals surface area contributed by atoms with E-state index in [2.05, 4.69) is 15.6 Å². The van der Waals surface area contributed by atoms with E-state index in [0.29, 0.717) is 6.54 Å². The fourth-order valence-corrected chi connectivity index (χ4v) is 3.87. The number of amides is 2. The first-order valence-electron chi connectivity index (χ1n) is 9.00. The van der Waals surface area contributed by atoms with Gasteiger partial charge in [-0.2, -0.15) is 0 Å². The predicted molar refractivity (Wildman–Crippen MR) is 106 cm³/mol. The van der Waals surface area contributed by atoms with Gasteiger partial charge in [-0.3, -0.25) is 9.69 Å². The molecule has 0 saturated heterocycles. The van der Waals surface area contributed by atoms with Crippen molar-refractivity contribution >= 4 is 29.0 Å². The van der Waals surface area contributed by atoms with Gasteiger partial charge in [0.05, 0.1) is 17.2 Å². The Morgan fingerprint density at radius 2 is 2.00 bits per heavy atom. The largest absolute Gasteiger partial charge is 0.480 e. The van der Waals surface area contributed by atoms with E-state index < -0.39 is 5.97 Å². The van der Waals surface area contributed by atoms with Crippen LogP contribution >= 0.6 is 11.3 Å². The number of anilines is 1. The van der Waals surface area contributed by atoms with Crippen molar-refractivity contribution in [1.82, 2.24) is 15.2 Å². The highest BCUT2D eigenvalue weighted by Crippen LogP contribution is 2.26. The van der Waals surface area contributed by atoms with E-state index in [1.807, 2.05) is 48.4 Å². The van der Waals surface area contributed by atoms with E-state index in [4.69, 9.17) is 5.11 Å². The van der Waals surface area contributed by atoms with Crippen LogP contribution in [0.1, 0.15) is 24.8 Å². The fourth-order valence-electron chi connectivity index (χ4n) is 3.25. The molecular formula is C19H24N4O3S. The molecule has 0 spiro atoms. The van der Waals surface area contributed by atoms with Crippen LogP contribution in [-0.2, 0) is 4.79 Å². The summed E-state index contributed by atoms with van der Waals surface area (Å²) in [6.07, 6.45) is 1.55. The summed E-state index contributed by atoms with van der Waals surface area (Å²) in [5.41, 5.74) is 2.68. The third-order valence-corrected chi connectivity index (χ3v) is 5.54. The number of rotatable bonds is 7. The summed E-state index contributed by atoms with van der Waals surface area (Å²) < 4.78 is 0. The number of likely N-dealkylation sites (N-methyl/N-ethyl adjacent to an activating group) is 1. The minimum atomic E-state index is -0.817. The van der Waals surface area contributed by atoms with Gasteiger partial charge in [-0.05, 0) is 38.4 Å². The van der Waals surface area contributed by atoms with E-state index in [-0.39, 0.29) is 24.7 Å². The lowest BCUT2D eigenvalue weighted by Crippen LogP contribution is -2.55. The summed E-state index contributed by atoms with van der Waals surface area (Å²) >= 11 is 1.61. The molecule has 0 atom stereocenters. The second kappa shape index (κ2) is 8.49. The normalized spacial score (nSPS) is 18.8. The van der Waals surface area contributed by atoms with Crippen molar-refractivity contribution in [3.05, 3.63) is 34.7 Å². The molecule has 0 aliphatic heterocycles. The van der Waals surface area contributed by atoms with Gasteiger partial charge in [0, 0.05) is 28.7 Å². The molecule has 3 N–H and O–H groups in total. The van der Waals surface area contributed by atoms with Gasteiger partial charge >= 0.3 is 12.0 Å². The monoisotopic (exact) mass is 388 g/mol. The average molecular weight is 388 g/mol. The predicted octanol–water partition coefficient (Wildman–Crippen LogP) is 3.18. The Balaban J connectivity index is 1.45. The quantitative estimate of drug-likeness (QED) is 0.677. The molecule has 1 aliphatic carbocycles. The zero-order chi connectivity index (χ0) is 19.4. The summed E-state index contributed by atoms with van der Waals surface area (Å²) in [5.74, 6) is -0.817. The van der Waals surface area contributed by atoms with Crippen molar-refractivity contribution in [2.45, 2.75) is 38.8 Å². The average Bonchev–Trinajstić information content (AvgIpc) is 3.03. The first-order valence-corrected chi connectivity index (χ1v) is 9.88. The molecule has 0 radical (unpaired) electrons. The van der Waals surface area contributed by atoms with Gasteiger partial charge in [-0.25, -0.2) is 9.78 Å². The maximum atomic E-state index is 12.2. The molecular weight excluding hydrogens is 364 g/mol. The lowest BCUT2D eigenvalue weighted by Gasteiger charge is -2.42. The third-order valence-electron chi connectivity index (χ3n) is 4.77. The first-order chi connectivity index (χ1) is 12.9. The number of carbonyl (C=O) groups is 2. The highest BCUT2D eigenvalue weighted by molar-refractivity contribution is 7.09. The van der Waals surface area contributed by atoms with Gasteiger partial charge < -0.3 is 15.7 Å². The number of benzene rings is 1. The van der Waals surface area contributed by atoms with E-state index in [0.717, 1.165) is 34.8 Å². The number of urea groups is 1. The summed E-state index contributed by atoms with van der Waals surface area (Å²) in [5, 5.41) is 17.7. The number of carbonyl (C=O) groups excluding carboxylic acids is 1. The summed E-state index contributed by atoms with van der Waals surface area (Å²) in [4.78, 5) is 29.4. The van der Waals surface area contributed by atoms with Gasteiger partial charge in [0.15, 0.2) is 0 Å². The van der Waals surface area contributed by atoms with Crippen LogP contribution in [0.15, 0.2) is 29.6 Å². The Bertz CT molecular complexity index is 800. The van der Waals surface area contributed by atoms with Gasteiger partial charge in [-0.1, -0.05) is 19.1 Å². The molecule has 2 aromatic rings. The highest BCUT2D eigenvalue weighted by atomic mass is 32.1. The van der Waals surface area contributed by atoms with Crippen LogP contribution in [-0.4, -0.2) is 52.2 Å². The molecule has 7 nitrogen and oxygen atoms in total. The van der Waals surface area contributed by atoms with Gasteiger partial charge in [-0.15, -0.1) is 11.3 Å². The van der Waals surface area contributed by atoms with E-state index in [9.17, 15) is 9.59 Å². The van der Waals surface area contributed by atoms with Crippen LogP contribution in [0, 0.1) is 6.92 Å². The van der Waals surface area contributed by atoms with Gasteiger partial charge in [0.25, 0.3) is 0 Å². The molecule has 0 bridgehead atoms. The maximum absolute atomic E-state index is 12.2. The van der Waals surface area contributed by atoms with Crippen molar-refractivity contribution in [3.8, 4) is 11.3 Å². The molecule has 1 fully saturated rings. The van der Waals surface area contributed by atoms with Gasteiger partial charge in [0.1, 0.15) is 0 Å². The Morgan fingerprint density at radius 1 is 1.30 bits per heavy atom. The number of nitrogens with one attached hydrogen (secondary N) is 2. The van der Waals surface area contributed by atoms with Crippen molar-refractivity contribution in [2.24, 2.45) is 0 Å². The second-order valence-corrected chi connectivity index (χ2v) is 7.77. The smallest absolute Gasteiger partial charge is 0.319 e. The number of carboxylic acid groups (broad SMARTS) is 1. The van der Waals surface area contributed by atoms with Crippen LogP contribution in [0.5, 0.6) is 0 Å². The van der Waals surface area contributed by atoms with Crippen molar-refractivity contribution in [2.75, 3.05) is 18.4 Å². The molecule has 1 aliphatic rings. The summed E-state index contributed by atoms with van der Waals surface area (Å²) in [6.45, 7) is 4.67. The lowest BCUT2D eigenvalue weighted by molar-refractivity contribution is -0.139. The Kier molecular flexibility index (Phi) is 6.08. The standard InChI is InChI=1S/C19H24N4O3S/c1-3-23(10-18(24)25)16-8-15(9-16)22-19(26)21-14-6-4-13(5-7-14)17-11-27-12(2)20-17/h4-7,11,15-16H,3,8-10H2,1-2H3,(H,24,25)(H2,21,22,26). The van der Waals surface area contributed by atoms with Crippen LogP contribution < -0.4 is 10.6 Å². The highest BCUT2D eigenvalue weighted by Gasteiger charge is 2.34. The van der Waals surface area contributed by atoms with Crippen LogP contribution in [0.3, 0.4) is 0 Å². The zero-order valence-corrected chi connectivity index (χ0v) is 16.3. The number of aryl methyl sites for hydroxylation is 1. The SMILES string of the molecule is CCN(CC(=O)O)C1CC(NC(=O)Nc2ccc(-c3csc(C)n3)cc2)C1. The topological polar surface area (TPSA) is 94.6 Å². The molecule has 2 amide bonds. The van der Waals surface area contributed by atoms with Gasteiger partial charge in [0.2, 0.25) is 0 Å². The van der Waals surface area contributed by atoms with Crippen LogP contribution in [0.25, 0.3) is 11.3 Å². The third kappa shape index (κ3) is 5.05. The van der Waals surface area contributed by atoms with E-state index in [1.165, 1.54) is 0 Å². The zero-order valence-electron chi connectivity index (χ0n) is 15.4. The number of aliphatic carboxylic acids is 1. The summed E-state index contributed by atoms with van der Waals surface area (Å²) in [7, 11) is 0. The minimum absolute atomic E-state index is 0.0466. The van der Waals surface area contributed by atoms with Crippen molar-refractivity contribution < 1.29 is 14.7 Å². The minimum Gasteiger partial charge on any atom is -0.480 e. The van der Waals surface area contributed by atoms with Crippen LogP contribution in [0.4, 0.5) is 10.5 Å². The fraction of sp³-hybridized carbons (Fsp3) is 0.421. The number of hydrogen-bond acceptors (Lipinski definition) is 5. The number of thiazole rings is 1. The molecule has 1 aromatic heterocycles. The van der Waals surface area contributed by atoms with E-state index >= 15 is 0 Å². The molecule has 27 heavy (non-hydrogen) atoms. The first kappa shape index (κ1) is 19.3. The number of aromatic nitrogens is 1. The molecule has 1 heterocycles. The maximum Gasteiger partial charge on any atom is 0.319 e. The Hall–Kier alpha value is -2.45. The number of nitrogens with zero attached hydrogens (tertiary/aromatic N) is 2. The van der Waals surface area contributed by atoms with Crippen molar-refractivity contribution in [1.29, 1.82) is 0 Å². The Morgan fingerprint density at radius 3 is 2.56 bits per heavy atom. The molecule has 144 valence electrons. The molecule has 3 rings (SSSR count). The Labute approximate surface area is 162 Å². The molecule has 0 unspecified atom stereocenters. The van der Waals surface area contributed by atoms with E-state index in [1.54, 1.807) is 11.3 Å². The second-order valence-electron chi connectivity index (χ2n) is 6.71. The molecule has 1 saturated carbocycles. The molecule has 1 aromatic carbocycles. The van der Waals surface area contributed by atoms with Crippen LogP contribution in [0.2, 0.25) is 0 Å². The number of hydrogen-bond donors (Lipinski definition) is 3.